The van der Waals surface area contributed by atoms with E-state index in [0.717, 1.165) is 11.6 Å². The Morgan fingerprint density at radius 3 is 2.15 bits per heavy atom. The summed E-state index contributed by atoms with van der Waals surface area (Å²) in [6.07, 6.45) is 9.77. The van der Waals surface area contributed by atoms with Crippen molar-refractivity contribution in [2.45, 2.75) is 71.4 Å². The van der Waals surface area contributed by atoms with Crippen molar-refractivity contribution in [1.82, 2.24) is 0 Å². The van der Waals surface area contributed by atoms with Gasteiger partial charge in [-0.15, -0.1) is 9.24 Å². The third kappa shape index (κ3) is 7.50. The maximum atomic E-state index is 2.99. The molecule has 0 rings (SSSR count). The lowest BCUT2D eigenvalue weighted by molar-refractivity contribution is 0.395. The Labute approximate surface area is 87.1 Å². The molecular formula is C12H27P. The first-order valence-corrected chi connectivity index (χ1v) is 6.66. The average molecular weight is 202 g/mol. The van der Waals surface area contributed by atoms with Crippen molar-refractivity contribution < 1.29 is 0 Å². The van der Waals surface area contributed by atoms with E-state index in [1.807, 2.05) is 0 Å². The second-order valence-corrected chi connectivity index (χ2v) is 5.14. The molecule has 0 radical (unpaired) electrons. The minimum absolute atomic E-state index is 0.855. The molecule has 13 heavy (non-hydrogen) atoms. The Kier molecular flexibility index (Phi) is 9.30. The standard InChI is InChI=1S/C12H27P/c1-4-7-9-11(8-5-2)10-12(13)6-3/h11-12H,4-10,13H2,1-3H3. The Balaban J connectivity index is 3.65. The van der Waals surface area contributed by atoms with Crippen molar-refractivity contribution in [3.8, 4) is 0 Å². The molecule has 0 aliphatic carbocycles. The summed E-state index contributed by atoms with van der Waals surface area (Å²) in [5.74, 6) is 0.993. The molecule has 0 nitrogen and oxygen atoms in total. The van der Waals surface area contributed by atoms with Crippen molar-refractivity contribution in [1.29, 1.82) is 0 Å². The van der Waals surface area contributed by atoms with Gasteiger partial charge < -0.3 is 0 Å². The van der Waals surface area contributed by atoms with Crippen LogP contribution in [0.2, 0.25) is 0 Å². The number of hydrogen-bond acceptors (Lipinski definition) is 0. The van der Waals surface area contributed by atoms with Crippen molar-refractivity contribution in [2.24, 2.45) is 5.92 Å². The minimum Gasteiger partial charge on any atom is -0.134 e. The fraction of sp³-hybridized carbons (Fsp3) is 1.00. The summed E-state index contributed by atoms with van der Waals surface area (Å²) in [7, 11) is 2.99. The highest BCUT2D eigenvalue weighted by atomic mass is 31.0. The Morgan fingerprint density at radius 1 is 1.00 bits per heavy atom. The maximum absolute atomic E-state index is 2.99. The lowest BCUT2D eigenvalue weighted by Gasteiger charge is -2.19. The smallest absolute Gasteiger partial charge is 0.0264 e. The normalized spacial score (nSPS) is 15.7. The van der Waals surface area contributed by atoms with Gasteiger partial charge in [-0.2, -0.15) is 0 Å². The molecule has 0 saturated heterocycles. The molecule has 0 saturated carbocycles. The van der Waals surface area contributed by atoms with E-state index in [1.54, 1.807) is 0 Å². The van der Waals surface area contributed by atoms with Crippen LogP contribution in [0, 0.1) is 5.92 Å². The zero-order valence-corrected chi connectivity index (χ0v) is 10.8. The number of hydrogen-bond donors (Lipinski definition) is 0. The molecule has 0 bridgehead atoms. The number of unbranched alkanes of at least 4 members (excludes halogenated alkanes) is 1. The molecule has 0 aliphatic rings. The molecule has 0 heterocycles. The van der Waals surface area contributed by atoms with Gasteiger partial charge in [0.05, 0.1) is 0 Å². The Hall–Kier alpha value is 0.430. The molecular weight excluding hydrogens is 175 g/mol. The van der Waals surface area contributed by atoms with Crippen LogP contribution in [0.5, 0.6) is 0 Å². The van der Waals surface area contributed by atoms with Crippen LogP contribution in [-0.2, 0) is 0 Å². The molecule has 0 amide bonds. The topological polar surface area (TPSA) is 0 Å². The van der Waals surface area contributed by atoms with E-state index in [0.29, 0.717) is 0 Å². The van der Waals surface area contributed by atoms with E-state index in [2.05, 4.69) is 30.0 Å². The molecule has 80 valence electrons. The van der Waals surface area contributed by atoms with Gasteiger partial charge in [0, 0.05) is 0 Å². The van der Waals surface area contributed by atoms with Gasteiger partial charge in [0.25, 0.3) is 0 Å². The third-order valence-corrected chi connectivity index (χ3v) is 3.57. The first-order valence-electron chi connectivity index (χ1n) is 6.00. The van der Waals surface area contributed by atoms with Crippen LogP contribution in [0.15, 0.2) is 0 Å². The van der Waals surface area contributed by atoms with Crippen LogP contribution in [0.1, 0.15) is 65.7 Å². The largest absolute Gasteiger partial charge is 0.134 e. The van der Waals surface area contributed by atoms with Crippen LogP contribution in [0.3, 0.4) is 0 Å². The molecule has 3 unspecified atom stereocenters. The van der Waals surface area contributed by atoms with Gasteiger partial charge in [0.2, 0.25) is 0 Å². The summed E-state index contributed by atoms with van der Waals surface area (Å²) in [5.41, 5.74) is 0.855. The van der Waals surface area contributed by atoms with Crippen molar-refractivity contribution in [3.63, 3.8) is 0 Å². The monoisotopic (exact) mass is 202 g/mol. The van der Waals surface area contributed by atoms with Gasteiger partial charge in [0.1, 0.15) is 0 Å². The molecule has 1 heteroatoms. The second kappa shape index (κ2) is 9.00. The van der Waals surface area contributed by atoms with Crippen LogP contribution >= 0.6 is 9.24 Å². The predicted octanol–water partition coefficient (Wildman–Crippen LogP) is 4.64. The van der Waals surface area contributed by atoms with Gasteiger partial charge in [-0.1, -0.05) is 52.9 Å². The summed E-state index contributed by atoms with van der Waals surface area (Å²) < 4.78 is 0. The predicted molar refractivity (Wildman–Crippen MR) is 66.3 cm³/mol. The van der Waals surface area contributed by atoms with Gasteiger partial charge in [-0.25, -0.2) is 0 Å². The summed E-state index contributed by atoms with van der Waals surface area (Å²) >= 11 is 0. The molecule has 0 aromatic carbocycles. The van der Waals surface area contributed by atoms with E-state index in [9.17, 15) is 0 Å². The first-order chi connectivity index (χ1) is 6.24. The summed E-state index contributed by atoms with van der Waals surface area (Å²) in [6, 6.07) is 0. The van der Waals surface area contributed by atoms with Crippen molar-refractivity contribution >= 4 is 9.24 Å². The quantitative estimate of drug-likeness (QED) is 0.503. The van der Waals surface area contributed by atoms with E-state index in [4.69, 9.17) is 0 Å². The Morgan fingerprint density at radius 2 is 1.69 bits per heavy atom. The minimum atomic E-state index is 0.855. The third-order valence-electron chi connectivity index (χ3n) is 2.82. The molecule has 0 aliphatic heterocycles. The second-order valence-electron chi connectivity index (χ2n) is 4.20. The lowest BCUT2D eigenvalue weighted by Crippen LogP contribution is -2.07. The van der Waals surface area contributed by atoms with E-state index >= 15 is 0 Å². The van der Waals surface area contributed by atoms with Gasteiger partial charge in [0.15, 0.2) is 0 Å². The van der Waals surface area contributed by atoms with Crippen molar-refractivity contribution in [3.05, 3.63) is 0 Å². The zero-order valence-electron chi connectivity index (χ0n) is 9.68. The molecule has 0 N–H and O–H groups in total. The molecule has 0 aromatic rings. The Bertz CT molecular complexity index is 101. The fourth-order valence-electron chi connectivity index (χ4n) is 1.88. The lowest BCUT2D eigenvalue weighted by atomic mass is 9.92. The highest BCUT2D eigenvalue weighted by molar-refractivity contribution is 7.17. The maximum Gasteiger partial charge on any atom is -0.0264 e. The number of rotatable bonds is 8. The van der Waals surface area contributed by atoms with Crippen LogP contribution in [0.4, 0.5) is 0 Å². The molecule has 0 spiro atoms. The average Bonchev–Trinajstić information content (AvgIpc) is 2.14. The van der Waals surface area contributed by atoms with Gasteiger partial charge >= 0.3 is 0 Å². The highest BCUT2D eigenvalue weighted by Crippen LogP contribution is 2.24. The van der Waals surface area contributed by atoms with E-state index < -0.39 is 0 Å². The highest BCUT2D eigenvalue weighted by Gasteiger charge is 2.10. The van der Waals surface area contributed by atoms with Gasteiger partial charge in [-0.3, -0.25) is 0 Å². The van der Waals surface area contributed by atoms with Gasteiger partial charge in [-0.05, 0) is 24.4 Å². The fourth-order valence-corrected chi connectivity index (χ4v) is 2.26. The van der Waals surface area contributed by atoms with Crippen LogP contribution in [-0.4, -0.2) is 5.66 Å². The van der Waals surface area contributed by atoms with E-state index in [1.165, 1.54) is 44.9 Å². The van der Waals surface area contributed by atoms with Crippen molar-refractivity contribution in [2.75, 3.05) is 0 Å². The van der Waals surface area contributed by atoms with Crippen LogP contribution < -0.4 is 0 Å². The summed E-state index contributed by atoms with van der Waals surface area (Å²) in [5, 5.41) is 0. The summed E-state index contributed by atoms with van der Waals surface area (Å²) in [4.78, 5) is 0. The van der Waals surface area contributed by atoms with Crippen LogP contribution in [0.25, 0.3) is 0 Å². The molecule has 0 fully saturated rings. The first kappa shape index (κ1) is 13.4. The summed E-state index contributed by atoms with van der Waals surface area (Å²) in [6.45, 7) is 6.89. The SMILES string of the molecule is CCCCC(CCC)CC(P)CC. The molecule has 0 aromatic heterocycles. The zero-order chi connectivity index (χ0) is 10.1. The molecule has 3 atom stereocenters. The van der Waals surface area contributed by atoms with E-state index in [-0.39, 0.29) is 0 Å².